The summed E-state index contributed by atoms with van der Waals surface area (Å²) in [5, 5.41) is 3.50. The molecular weight excluding hydrogens is 186 g/mol. The topological polar surface area (TPSA) is 50.9 Å². The second-order valence-electron chi connectivity index (χ2n) is 4.58. The Morgan fingerprint density at radius 1 is 1.53 bits per heavy atom. The van der Waals surface area contributed by atoms with Crippen LogP contribution in [0.5, 0.6) is 0 Å². The average molecular weight is 205 g/mol. The minimum Gasteiger partial charge on any atom is -0.384 e. The molecule has 1 fully saturated rings. The van der Waals surface area contributed by atoms with Gasteiger partial charge >= 0.3 is 0 Å². The van der Waals surface area contributed by atoms with Gasteiger partial charge in [0.25, 0.3) is 0 Å². The lowest BCUT2D eigenvalue weighted by atomic mass is 10.0. The number of nitrogens with zero attached hydrogens (tertiary/aromatic N) is 1. The van der Waals surface area contributed by atoms with E-state index in [0.717, 1.165) is 19.5 Å². The fraction of sp³-hybridized carbons (Fsp3) is 0.583. The molecule has 0 aliphatic heterocycles. The Labute approximate surface area is 91.1 Å². The van der Waals surface area contributed by atoms with Crippen LogP contribution in [0, 0.1) is 12.3 Å². The Morgan fingerprint density at radius 2 is 2.33 bits per heavy atom. The molecule has 0 bridgehead atoms. The number of rotatable bonds is 5. The number of hydrogen-bond acceptors (Lipinski definition) is 3. The SMILES string of the molecule is Cc1cnccc1NCC1(CCN)CC1. The lowest BCUT2D eigenvalue weighted by Crippen LogP contribution is -2.19. The molecule has 0 radical (unpaired) electrons. The van der Waals surface area contributed by atoms with Gasteiger partial charge in [-0.2, -0.15) is 0 Å². The molecule has 1 heterocycles. The quantitative estimate of drug-likeness (QED) is 0.772. The van der Waals surface area contributed by atoms with Crippen LogP contribution in [0.2, 0.25) is 0 Å². The van der Waals surface area contributed by atoms with Crippen LogP contribution in [-0.4, -0.2) is 18.1 Å². The molecule has 1 aromatic heterocycles. The van der Waals surface area contributed by atoms with Crippen LogP contribution in [0.15, 0.2) is 18.5 Å². The van der Waals surface area contributed by atoms with E-state index in [1.54, 1.807) is 0 Å². The summed E-state index contributed by atoms with van der Waals surface area (Å²) in [5.74, 6) is 0. The summed E-state index contributed by atoms with van der Waals surface area (Å²) in [6.07, 6.45) is 7.51. The Bertz CT molecular complexity index is 331. The monoisotopic (exact) mass is 205 g/mol. The highest BCUT2D eigenvalue weighted by atomic mass is 14.9. The zero-order valence-corrected chi connectivity index (χ0v) is 9.29. The normalized spacial score (nSPS) is 17.5. The molecule has 1 aliphatic carbocycles. The number of aromatic nitrogens is 1. The van der Waals surface area contributed by atoms with Crippen molar-refractivity contribution in [1.29, 1.82) is 0 Å². The van der Waals surface area contributed by atoms with Crippen LogP contribution >= 0.6 is 0 Å². The predicted octanol–water partition coefficient (Wildman–Crippen LogP) is 1.93. The maximum atomic E-state index is 5.62. The third kappa shape index (κ3) is 2.48. The maximum Gasteiger partial charge on any atom is 0.0400 e. The smallest absolute Gasteiger partial charge is 0.0400 e. The number of nitrogens with one attached hydrogen (secondary N) is 1. The maximum absolute atomic E-state index is 5.62. The van der Waals surface area contributed by atoms with Crippen LogP contribution in [0.3, 0.4) is 0 Å². The summed E-state index contributed by atoms with van der Waals surface area (Å²) in [7, 11) is 0. The molecular formula is C12H19N3. The third-order valence-corrected chi connectivity index (χ3v) is 3.31. The molecule has 3 N–H and O–H groups in total. The highest BCUT2D eigenvalue weighted by Crippen LogP contribution is 2.48. The average Bonchev–Trinajstić information content (AvgIpc) is 2.98. The van der Waals surface area contributed by atoms with Crippen LogP contribution in [-0.2, 0) is 0 Å². The summed E-state index contributed by atoms with van der Waals surface area (Å²) in [5.41, 5.74) is 8.52. The van der Waals surface area contributed by atoms with Crippen LogP contribution in [0.1, 0.15) is 24.8 Å². The summed E-state index contributed by atoms with van der Waals surface area (Å²) >= 11 is 0. The molecule has 0 aromatic carbocycles. The molecule has 0 atom stereocenters. The van der Waals surface area contributed by atoms with E-state index in [4.69, 9.17) is 5.73 Å². The fourth-order valence-electron chi connectivity index (χ4n) is 1.95. The Hall–Kier alpha value is -1.09. The number of nitrogens with two attached hydrogens (primary N) is 1. The first kappa shape index (κ1) is 10.4. The standard InChI is InChI=1S/C12H19N3/c1-10-8-14-7-2-11(10)15-9-12(3-4-12)5-6-13/h2,7-8H,3-6,9,13H2,1H3,(H,14,15). The lowest BCUT2D eigenvalue weighted by molar-refractivity contribution is 0.501. The Balaban J connectivity index is 1.91. The molecule has 1 aliphatic rings. The van der Waals surface area contributed by atoms with Gasteiger partial charge in [-0.3, -0.25) is 4.98 Å². The van der Waals surface area contributed by atoms with Crippen molar-refractivity contribution < 1.29 is 0 Å². The third-order valence-electron chi connectivity index (χ3n) is 3.31. The van der Waals surface area contributed by atoms with Gasteiger partial charge in [-0.15, -0.1) is 0 Å². The van der Waals surface area contributed by atoms with E-state index in [9.17, 15) is 0 Å². The molecule has 2 rings (SSSR count). The molecule has 1 aromatic rings. The van der Waals surface area contributed by atoms with Crippen LogP contribution in [0.25, 0.3) is 0 Å². The zero-order valence-electron chi connectivity index (χ0n) is 9.29. The van der Waals surface area contributed by atoms with Gasteiger partial charge in [0.15, 0.2) is 0 Å². The largest absolute Gasteiger partial charge is 0.384 e. The highest BCUT2D eigenvalue weighted by Gasteiger charge is 2.41. The molecule has 0 unspecified atom stereocenters. The second kappa shape index (κ2) is 4.19. The molecule has 15 heavy (non-hydrogen) atoms. The zero-order chi connectivity index (χ0) is 10.7. The van der Waals surface area contributed by atoms with Gasteiger partial charge in [0.1, 0.15) is 0 Å². The number of aryl methyl sites for hydroxylation is 1. The first-order chi connectivity index (χ1) is 7.26. The van der Waals surface area contributed by atoms with Crippen molar-refractivity contribution in [3.05, 3.63) is 24.0 Å². The van der Waals surface area contributed by atoms with Crippen molar-refractivity contribution in [2.45, 2.75) is 26.2 Å². The summed E-state index contributed by atoms with van der Waals surface area (Å²) in [6, 6.07) is 2.04. The van der Waals surface area contributed by atoms with E-state index in [0.29, 0.717) is 5.41 Å². The van der Waals surface area contributed by atoms with Crippen molar-refractivity contribution in [2.75, 3.05) is 18.4 Å². The molecule has 0 amide bonds. The molecule has 3 heteroatoms. The minimum absolute atomic E-state index is 0.491. The second-order valence-corrected chi connectivity index (χ2v) is 4.58. The van der Waals surface area contributed by atoms with E-state index in [1.807, 2.05) is 18.5 Å². The molecule has 1 saturated carbocycles. The summed E-state index contributed by atoms with van der Waals surface area (Å²) in [6.45, 7) is 3.93. The van der Waals surface area contributed by atoms with E-state index < -0.39 is 0 Å². The molecule has 0 spiro atoms. The first-order valence-corrected chi connectivity index (χ1v) is 5.60. The predicted molar refractivity (Wildman–Crippen MR) is 62.8 cm³/mol. The molecule has 82 valence electrons. The lowest BCUT2D eigenvalue weighted by Gasteiger charge is -2.16. The summed E-state index contributed by atoms with van der Waals surface area (Å²) in [4.78, 5) is 4.08. The summed E-state index contributed by atoms with van der Waals surface area (Å²) < 4.78 is 0. The van der Waals surface area contributed by atoms with E-state index in [-0.39, 0.29) is 0 Å². The van der Waals surface area contributed by atoms with Crippen molar-refractivity contribution >= 4 is 5.69 Å². The fourth-order valence-corrected chi connectivity index (χ4v) is 1.95. The minimum atomic E-state index is 0.491. The van der Waals surface area contributed by atoms with Crippen molar-refractivity contribution in [1.82, 2.24) is 4.98 Å². The highest BCUT2D eigenvalue weighted by molar-refractivity contribution is 5.48. The van der Waals surface area contributed by atoms with Crippen molar-refractivity contribution in [3.63, 3.8) is 0 Å². The van der Waals surface area contributed by atoms with Crippen molar-refractivity contribution in [3.8, 4) is 0 Å². The number of pyridine rings is 1. The molecule has 0 saturated heterocycles. The van der Waals surface area contributed by atoms with Gasteiger partial charge in [-0.1, -0.05) is 0 Å². The van der Waals surface area contributed by atoms with Gasteiger partial charge < -0.3 is 11.1 Å². The van der Waals surface area contributed by atoms with Gasteiger partial charge in [-0.25, -0.2) is 0 Å². The van der Waals surface area contributed by atoms with E-state index in [1.165, 1.54) is 24.1 Å². The molecule has 3 nitrogen and oxygen atoms in total. The number of anilines is 1. The van der Waals surface area contributed by atoms with Gasteiger partial charge in [0, 0.05) is 24.6 Å². The first-order valence-electron chi connectivity index (χ1n) is 5.60. The van der Waals surface area contributed by atoms with Gasteiger partial charge in [-0.05, 0) is 49.8 Å². The van der Waals surface area contributed by atoms with Crippen LogP contribution < -0.4 is 11.1 Å². The van der Waals surface area contributed by atoms with Gasteiger partial charge in [0.05, 0.1) is 0 Å². The van der Waals surface area contributed by atoms with E-state index in [2.05, 4.69) is 17.2 Å². The Kier molecular flexibility index (Phi) is 2.91. The van der Waals surface area contributed by atoms with Crippen LogP contribution in [0.4, 0.5) is 5.69 Å². The Morgan fingerprint density at radius 3 is 2.93 bits per heavy atom. The van der Waals surface area contributed by atoms with E-state index >= 15 is 0 Å². The van der Waals surface area contributed by atoms with Gasteiger partial charge in [0.2, 0.25) is 0 Å². The van der Waals surface area contributed by atoms with Crippen molar-refractivity contribution in [2.24, 2.45) is 11.1 Å². The number of hydrogen-bond donors (Lipinski definition) is 2.